The highest BCUT2D eigenvalue weighted by Gasteiger charge is 2.19. The number of imidazole rings is 1. The summed E-state index contributed by atoms with van der Waals surface area (Å²) in [6.45, 7) is 4.04. The van der Waals surface area contributed by atoms with Crippen molar-refractivity contribution in [2.24, 2.45) is 0 Å². The maximum atomic E-state index is 12.8. The normalized spacial score (nSPS) is 11.5. The van der Waals surface area contributed by atoms with Crippen molar-refractivity contribution in [3.05, 3.63) is 48.3 Å². The number of sulfonamides is 1. The summed E-state index contributed by atoms with van der Waals surface area (Å²) in [6.07, 6.45) is 0. The second-order valence-corrected chi connectivity index (χ2v) is 7.90. The molecule has 0 atom stereocenters. The van der Waals surface area contributed by atoms with Crippen molar-refractivity contribution in [2.45, 2.75) is 31.8 Å². The fourth-order valence-corrected chi connectivity index (χ4v) is 4.00. The van der Waals surface area contributed by atoms with Crippen LogP contribution in [0.4, 0.5) is 5.69 Å². The third-order valence-electron chi connectivity index (χ3n) is 4.26. The van der Waals surface area contributed by atoms with E-state index < -0.39 is 10.0 Å². The Kier molecular flexibility index (Phi) is 5.66. The van der Waals surface area contributed by atoms with E-state index in [1.807, 2.05) is 35.8 Å². The van der Waals surface area contributed by atoms with Crippen molar-refractivity contribution in [3.8, 4) is 5.75 Å². The number of methoxy groups -OCH3 is 1. The van der Waals surface area contributed by atoms with E-state index >= 15 is 0 Å². The van der Waals surface area contributed by atoms with Gasteiger partial charge in [0.2, 0.25) is 15.9 Å². The van der Waals surface area contributed by atoms with E-state index in [4.69, 9.17) is 4.74 Å². The number of aryl methyl sites for hydroxylation is 1. The van der Waals surface area contributed by atoms with Gasteiger partial charge >= 0.3 is 0 Å². The number of rotatable bonds is 7. The summed E-state index contributed by atoms with van der Waals surface area (Å²) in [6, 6.07) is 12.0. The topological polar surface area (TPSA) is 102 Å². The van der Waals surface area contributed by atoms with Crippen LogP contribution in [0.5, 0.6) is 5.75 Å². The number of fused-ring (bicyclic) bond motifs is 1. The monoisotopic (exact) mass is 402 g/mol. The summed E-state index contributed by atoms with van der Waals surface area (Å²) in [5.41, 5.74) is 2.06. The summed E-state index contributed by atoms with van der Waals surface area (Å²) in [7, 11) is -2.37. The van der Waals surface area contributed by atoms with Crippen molar-refractivity contribution < 1.29 is 17.9 Å². The molecule has 148 valence electrons. The summed E-state index contributed by atoms with van der Waals surface area (Å²) >= 11 is 0. The molecule has 0 radical (unpaired) electrons. The summed E-state index contributed by atoms with van der Waals surface area (Å²) in [5.74, 6) is 0.683. The molecule has 1 amide bonds. The second kappa shape index (κ2) is 7.99. The standard InChI is InChI=1S/C19H22N4O4S/c1-4-23-17-8-6-5-7-15(17)22-19(23)12-20-28(25,26)14-9-10-18(27-3)16(11-14)21-13(2)24/h5-11,20H,4,12H2,1-3H3,(H,21,24). The number of nitrogens with zero attached hydrogens (tertiary/aromatic N) is 2. The lowest BCUT2D eigenvalue weighted by molar-refractivity contribution is -0.114. The fourth-order valence-electron chi connectivity index (χ4n) is 3.00. The average Bonchev–Trinajstić information content (AvgIpc) is 3.03. The van der Waals surface area contributed by atoms with Gasteiger partial charge in [0.05, 0.1) is 35.3 Å². The molecule has 0 bridgehead atoms. The first kappa shape index (κ1) is 19.8. The van der Waals surface area contributed by atoms with E-state index in [1.165, 1.54) is 32.2 Å². The van der Waals surface area contributed by atoms with Gasteiger partial charge < -0.3 is 14.6 Å². The number of hydrogen-bond donors (Lipinski definition) is 2. The molecule has 0 saturated carbocycles. The number of nitrogens with one attached hydrogen (secondary N) is 2. The number of amides is 1. The SMILES string of the molecule is CCn1c(CNS(=O)(=O)c2ccc(OC)c(NC(C)=O)c2)nc2ccccc21. The Balaban J connectivity index is 1.87. The van der Waals surface area contributed by atoms with Crippen LogP contribution in [0.25, 0.3) is 11.0 Å². The molecule has 0 saturated heterocycles. The summed E-state index contributed by atoms with van der Waals surface area (Å²) in [4.78, 5) is 15.9. The molecule has 0 spiro atoms. The molecular formula is C19H22N4O4S. The van der Waals surface area contributed by atoms with Gasteiger partial charge in [0.25, 0.3) is 0 Å². The first-order valence-electron chi connectivity index (χ1n) is 8.75. The minimum Gasteiger partial charge on any atom is -0.495 e. The average molecular weight is 402 g/mol. The van der Waals surface area contributed by atoms with Gasteiger partial charge in [-0.3, -0.25) is 4.79 Å². The number of carbonyl (C=O) groups excluding carboxylic acids is 1. The van der Waals surface area contributed by atoms with Crippen molar-refractivity contribution in [1.29, 1.82) is 0 Å². The maximum absolute atomic E-state index is 12.8. The maximum Gasteiger partial charge on any atom is 0.241 e. The Morgan fingerprint density at radius 1 is 1.21 bits per heavy atom. The molecule has 1 heterocycles. The van der Waals surface area contributed by atoms with E-state index in [-0.39, 0.29) is 17.3 Å². The first-order valence-corrected chi connectivity index (χ1v) is 10.2. The molecule has 0 aliphatic carbocycles. The molecule has 0 aliphatic rings. The Hall–Kier alpha value is -2.91. The minimum atomic E-state index is -3.81. The Labute approximate surface area is 163 Å². The highest BCUT2D eigenvalue weighted by molar-refractivity contribution is 7.89. The van der Waals surface area contributed by atoms with Crippen LogP contribution < -0.4 is 14.8 Å². The lowest BCUT2D eigenvalue weighted by Crippen LogP contribution is -2.25. The predicted octanol–water partition coefficient (Wildman–Crippen LogP) is 2.50. The zero-order chi connectivity index (χ0) is 20.3. The van der Waals surface area contributed by atoms with Crippen molar-refractivity contribution >= 4 is 32.7 Å². The van der Waals surface area contributed by atoms with Gasteiger partial charge in [0, 0.05) is 13.5 Å². The molecule has 0 aliphatic heterocycles. The first-order chi connectivity index (χ1) is 13.4. The van der Waals surface area contributed by atoms with Crippen LogP contribution in [-0.4, -0.2) is 31.0 Å². The van der Waals surface area contributed by atoms with Crippen LogP contribution in [0.2, 0.25) is 0 Å². The van der Waals surface area contributed by atoms with Gasteiger partial charge in [-0.25, -0.2) is 18.1 Å². The van der Waals surface area contributed by atoms with Gasteiger partial charge in [-0.15, -0.1) is 0 Å². The van der Waals surface area contributed by atoms with Crippen LogP contribution in [0.3, 0.4) is 0 Å². The number of hydrogen-bond acceptors (Lipinski definition) is 5. The molecular weight excluding hydrogens is 380 g/mol. The smallest absolute Gasteiger partial charge is 0.241 e. The van der Waals surface area contributed by atoms with Crippen molar-refractivity contribution in [1.82, 2.24) is 14.3 Å². The van der Waals surface area contributed by atoms with E-state index in [2.05, 4.69) is 15.0 Å². The number of ether oxygens (including phenoxy) is 1. The van der Waals surface area contributed by atoms with E-state index in [9.17, 15) is 13.2 Å². The number of para-hydroxylation sites is 2. The van der Waals surface area contributed by atoms with Gasteiger partial charge in [0.15, 0.2) is 0 Å². The van der Waals surface area contributed by atoms with Crippen molar-refractivity contribution in [2.75, 3.05) is 12.4 Å². The van der Waals surface area contributed by atoms with Crippen LogP contribution in [-0.2, 0) is 27.9 Å². The van der Waals surface area contributed by atoms with Crippen LogP contribution in [0.1, 0.15) is 19.7 Å². The molecule has 28 heavy (non-hydrogen) atoms. The molecule has 0 unspecified atom stereocenters. The lowest BCUT2D eigenvalue weighted by Gasteiger charge is -2.12. The van der Waals surface area contributed by atoms with Gasteiger partial charge in [-0.2, -0.15) is 0 Å². The van der Waals surface area contributed by atoms with Crippen LogP contribution in [0.15, 0.2) is 47.4 Å². The molecule has 0 fully saturated rings. The zero-order valence-electron chi connectivity index (χ0n) is 15.9. The minimum absolute atomic E-state index is 0.0243. The highest BCUT2D eigenvalue weighted by atomic mass is 32.2. The van der Waals surface area contributed by atoms with E-state index in [1.54, 1.807) is 0 Å². The Bertz CT molecular complexity index is 1120. The Morgan fingerprint density at radius 3 is 2.64 bits per heavy atom. The molecule has 2 N–H and O–H groups in total. The largest absolute Gasteiger partial charge is 0.495 e. The Morgan fingerprint density at radius 2 is 1.96 bits per heavy atom. The number of anilines is 1. The number of benzene rings is 2. The van der Waals surface area contributed by atoms with Gasteiger partial charge in [-0.05, 0) is 37.3 Å². The third-order valence-corrected chi connectivity index (χ3v) is 5.66. The molecule has 1 aromatic heterocycles. The number of aromatic nitrogens is 2. The van der Waals surface area contributed by atoms with Crippen LogP contribution in [0, 0.1) is 0 Å². The zero-order valence-corrected chi connectivity index (χ0v) is 16.7. The van der Waals surface area contributed by atoms with E-state index in [0.717, 1.165) is 11.0 Å². The van der Waals surface area contributed by atoms with E-state index in [0.29, 0.717) is 23.8 Å². The van der Waals surface area contributed by atoms with Gasteiger partial charge in [0.1, 0.15) is 11.6 Å². The van der Waals surface area contributed by atoms with Crippen LogP contribution >= 0.6 is 0 Å². The molecule has 8 nitrogen and oxygen atoms in total. The lowest BCUT2D eigenvalue weighted by atomic mass is 10.3. The van der Waals surface area contributed by atoms with Crippen molar-refractivity contribution in [3.63, 3.8) is 0 Å². The quantitative estimate of drug-likeness (QED) is 0.632. The van der Waals surface area contributed by atoms with Gasteiger partial charge in [-0.1, -0.05) is 12.1 Å². The molecule has 9 heteroatoms. The molecule has 2 aromatic carbocycles. The second-order valence-electron chi connectivity index (χ2n) is 6.13. The molecule has 3 rings (SSSR count). The predicted molar refractivity (Wildman–Crippen MR) is 107 cm³/mol. The summed E-state index contributed by atoms with van der Waals surface area (Å²) in [5, 5.41) is 2.57. The number of carbonyl (C=O) groups is 1. The molecule has 3 aromatic rings. The highest BCUT2D eigenvalue weighted by Crippen LogP contribution is 2.27. The fraction of sp³-hybridized carbons (Fsp3) is 0.263. The summed E-state index contributed by atoms with van der Waals surface area (Å²) < 4.78 is 35.2. The third kappa shape index (κ3) is 4.00.